The lowest BCUT2D eigenvalue weighted by Crippen LogP contribution is -1.74. The molecule has 1 heterocycles. The Morgan fingerprint density at radius 2 is 2.00 bits per heavy atom. The maximum atomic E-state index is 3.73. The highest BCUT2D eigenvalue weighted by Crippen LogP contribution is 2.24. The molecule has 1 aromatic rings. The third kappa shape index (κ3) is 1.31. The van der Waals surface area contributed by atoms with Crippen molar-refractivity contribution in [3.8, 4) is 0 Å². The molecule has 0 saturated heterocycles. The molecule has 2 heteroatoms. The summed E-state index contributed by atoms with van der Waals surface area (Å²) < 4.78 is 1.00. The van der Waals surface area contributed by atoms with Crippen LogP contribution in [0.5, 0.6) is 0 Å². The number of H-pyrrole nitrogens is 1. The van der Waals surface area contributed by atoms with Gasteiger partial charge in [0.2, 0.25) is 0 Å². The minimum Gasteiger partial charge on any atom is -0.349 e. The van der Waals surface area contributed by atoms with Crippen LogP contribution in [0.1, 0.15) is 16.8 Å². The Kier molecular flexibility index (Phi) is 2.35. The number of nitrogens with one attached hydrogen (secondary N) is 1. The molecule has 0 radical (unpaired) electrons. The second kappa shape index (κ2) is 3.09. The van der Waals surface area contributed by atoms with Crippen LogP contribution in [-0.4, -0.2) is 4.98 Å². The van der Waals surface area contributed by atoms with Gasteiger partial charge in [0.05, 0.1) is 4.60 Å². The molecular formula is C9H10BrN. The lowest BCUT2D eigenvalue weighted by atomic mass is 10.1. The standard InChI is InChI=1S/C9H10BrN/c1-4-7-6(3)9(10)11-8(7)5-2/h4-5,11H,1-2H2,3H3. The number of aromatic amines is 1. The first-order valence-corrected chi connectivity index (χ1v) is 4.13. The van der Waals surface area contributed by atoms with Crippen molar-refractivity contribution >= 4 is 28.1 Å². The summed E-state index contributed by atoms with van der Waals surface area (Å²) in [7, 11) is 0. The molecule has 0 unspecified atom stereocenters. The fraction of sp³-hybridized carbons (Fsp3) is 0.111. The zero-order valence-electron chi connectivity index (χ0n) is 6.45. The molecular weight excluding hydrogens is 202 g/mol. The average Bonchev–Trinajstić information content (AvgIpc) is 2.28. The smallest absolute Gasteiger partial charge is 0.0860 e. The van der Waals surface area contributed by atoms with E-state index in [-0.39, 0.29) is 0 Å². The molecule has 0 atom stereocenters. The van der Waals surface area contributed by atoms with Crippen LogP contribution in [0, 0.1) is 6.92 Å². The topological polar surface area (TPSA) is 15.8 Å². The number of rotatable bonds is 2. The third-order valence-corrected chi connectivity index (χ3v) is 2.47. The molecule has 1 rings (SSSR count). The zero-order chi connectivity index (χ0) is 8.43. The molecule has 0 aliphatic rings. The van der Waals surface area contributed by atoms with Crippen LogP contribution in [0.4, 0.5) is 0 Å². The van der Waals surface area contributed by atoms with Gasteiger partial charge in [-0.15, -0.1) is 0 Å². The summed E-state index contributed by atoms with van der Waals surface area (Å²) >= 11 is 3.40. The minimum atomic E-state index is 1.00. The molecule has 0 aliphatic carbocycles. The van der Waals surface area contributed by atoms with Crippen molar-refractivity contribution in [3.63, 3.8) is 0 Å². The van der Waals surface area contributed by atoms with Gasteiger partial charge in [0.15, 0.2) is 0 Å². The molecule has 0 fully saturated rings. The van der Waals surface area contributed by atoms with Crippen molar-refractivity contribution < 1.29 is 0 Å². The van der Waals surface area contributed by atoms with Gasteiger partial charge in [-0.1, -0.05) is 19.2 Å². The van der Waals surface area contributed by atoms with Crippen LogP contribution in [0.2, 0.25) is 0 Å². The minimum absolute atomic E-state index is 1.00. The van der Waals surface area contributed by atoms with E-state index in [1.165, 1.54) is 5.56 Å². The van der Waals surface area contributed by atoms with E-state index in [1.807, 2.05) is 13.0 Å². The lowest BCUT2D eigenvalue weighted by molar-refractivity contribution is 1.31. The summed E-state index contributed by atoms with van der Waals surface area (Å²) in [6, 6.07) is 0. The molecule has 0 bridgehead atoms. The first-order valence-electron chi connectivity index (χ1n) is 3.33. The highest BCUT2D eigenvalue weighted by Gasteiger charge is 2.05. The van der Waals surface area contributed by atoms with Crippen molar-refractivity contribution in [1.29, 1.82) is 0 Å². The highest BCUT2D eigenvalue weighted by molar-refractivity contribution is 9.10. The molecule has 0 spiro atoms. The van der Waals surface area contributed by atoms with Crippen molar-refractivity contribution in [2.75, 3.05) is 0 Å². The summed E-state index contributed by atoms with van der Waals surface area (Å²) in [5.41, 5.74) is 3.31. The Morgan fingerprint density at radius 1 is 1.36 bits per heavy atom. The van der Waals surface area contributed by atoms with E-state index in [1.54, 1.807) is 6.08 Å². The van der Waals surface area contributed by atoms with E-state index in [2.05, 4.69) is 34.1 Å². The van der Waals surface area contributed by atoms with E-state index in [0.29, 0.717) is 0 Å². The van der Waals surface area contributed by atoms with Crippen LogP contribution in [0.25, 0.3) is 12.2 Å². The Hall–Kier alpha value is -0.760. The fourth-order valence-electron chi connectivity index (χ4n) is 1.02. The summed E-state index contributed by atoms with van der Waals surface area (Å²) in [5, 5.41) is 0. The van der Waals surface area contributed by atoms with E-state index >= 15 is 0 Å². The Morgan fingerprint density at radius 3 is 2.36 bits per heavy atom. The molecule has 58 valence electrons. The van der Waals surface area contributed by atoms with Crippen LogP contribution in [0.3, 0.4) is 0 Å². The monoisotopic (exact) mass is 211 g/mol. The molecule has 1 N–H and O–H groups in total. The first kappa shape index (κ1) is 8.34. The molecule has 0 saturated carbocycles. The zero-order valence-corrected chi connectivity index (χ0v) is 8.03. The number of hydrogen-bond donors (Lipinski definition) is 1. The van der Waals surface area contributed by atoms with E-state index in [9.17, 15) is 0 Å². The molecule has 0 aliphatic heterocycles. The van der Waals surface area contributed by atoms with Crippen LogP contribution >= 0.6 is 15.9 Å². The van der Waals surface area contributed by atoms with Crippen molar-refractivity contribution in [3.05, 3.63) is 34.6 Å². The van der Waals surface area contributed by atoms with Crippen LogP contribution in [-0.2, 0) is 0 Å². The summed E-state index contributed by atoms with van der Waals surface area (Å²) in [4.78, 5) is 3.14. The third-order valence-electron chi connectivity index (χ3n) is 1.68. The predicted molar refractivity (Wildman–Crippen MR) is 53.4 cm³/mol. The van der Waals surface area contributed by atoms with Gasteiger partial charge in [0, 0.05) is 11.3 Å². The quantitative estimate of drug-likeness (QED) is 0.773. The first-order chi connectivity index (χ1) is 5.20. The lowest BCUT2D eigenvalue weighted by Gasteiger charge is -1.90. The molecule has 0 amide bonds. The molecule has 0 aromatic carbocycles. The molecule has 11 heavy (non-hydrogen) atoms. The van der Waals surface area contributed by atoms with Crippen LogP contribution < -0.4 is 0 Å². The van der Waals surface area contributed by atoms with E-state index in [4.69, 9.17) is 0 Å². The summed E-state index contributed by atoms with van der Waals surface area (Å²) in [6.45, 7) is 9.45. The van der Waals surface area contributed by atoms with Gasteiger partial charge in [-0.05, 0) is 34.5 Å². The van der Waals surface area contributed by atoms with Crippen LogP contribution in [0.15, 0.2) is 17.8 Å². The van der Waals surface area contributed by atoms with Crippen molar-refractivity contribution in [2.24, 2.45) is 0 Å². The van der Waals surface area contributed by atoms with Gasteiger partial charge in [-0.2, -0.15) is 0 Å². The largest absolute Gasteiger partial charge is 0.349 e. The van der Waals surface area contributed by atoms with Gasteiger partial charge in [-0.25, -0.2) is 0 Å². The maximum absolute atomic E-state index is 3.73. The number of hydrogen-bond acceptors (Lipinski definition) is 0. The van der Waals surface area contributed by atoms with Crippen molar-refractivity contribution in [2.45, 2.75) is 6.92 Å². The summed E-state index contributed by atoms with van der Waals surface area (Å²) in [6.07, 6.45) is 3.61. The maximum Gasteiger partial charge on any atom is 0.0860 e. The fourth-order valence-corrected chi connectivity index (χ4v) is 1.45. The SMILES string of the molecule is C=Cc1[nH]c(Br)c(C)c1C=C. The van der Waals surface area contributed by atoms with Gasteiger partial charge in [0.25, 0.3) is 0 Å². The van der Waals surface area contributed by atoms with Crippen molar-refractivity contribution in [1.82, 2.24) is 4.98 Å². The van der Waals surface area contributed by atoms with Gasteiger partial charge in [0.1, 0.15) is 0 Å². The van der Waals surface area contributed by atoms with Gasteiger partial charge in [-0.3, -0.25) is 0 Å². The van der Waals surface area contributed by atoms with Gasteiger partial charge < -0.3 is 4.98 Å². The Bertz CT molecular complexity index is 297. The van der Waals surface area contributed by atoms with Gasteiger partial charge >= 0.3 is 0 Å². The predicted octanol–water partition coefficient (Wildman–Crippen LogP) is 3.37. The second-order valence-electron chi connectivity index (χ2n) is 2.30. The molecule has 1 nitrogen and oxygen atoms in total. The number of halogens is 1. The second-order valence-corrected chi connectivity index (χ2v) is 3.09. The number of aromatic nitrogens is 1. The average molecular weight is 212 g/mol. The summed E-state index contributed by atoms with van der Waals surface area (Å²) in [5.74, 6) is 0. The molecule has 1 aromatic heterocycles. The highest BCUT2D eigenvalue weighted by atomic mass is 79.9. The van der Waals surface area contributed by atoms with E-state index < -0.39 is 0 Å². The van der Waals surface area contributed by atoms with E-state index in [0.717, 1.165) is 15.9 Å². The Balaban J connectivity index is 3.37. The normalized spacial score (nSPS) is 9.64. The Labute approximate surface area is 75.0 Å².